The van der Waals surface area contributed by atoms with Crippen molar-refractivity contribution in [2.45, 2.75) is 12.5 Å². The van der Waals surface area contributed by atoms with Crippen LogP contribution in [0.5, 0.6) is 23.1 Å². The van der Waals surface area contributed by atoms with Crippen molar-refractivity contribution in [2.75, 3.05) is 27.5 Å². The fraction of sp³-hybridized carbons (Fsp3) is 0.273. The number of fused-ring (bicyclic) bond motifs is 2. The molecule has 0 saturated carbocycles. The standard InChI is InChI=1S/C22H20BrN3O5S/c1-25-8-7-11-9-14-18(31-10-30-14)19(29-2)15(11)17(25)16-20(27)24-22(32)26(21(16)28)13-5-3-12(23)4-6-13/h3-6,9,17,28H,7-8,10H2,1-2H3,(H,24,27,32)/t17-/m0/s1. The zero-order valence-electron chi connectivity index (χ0n) is 17.4. The van der Waals surface area contributed by atoms with Gasteiger partial charge in [-0.1, -0.05) is 15.9 Å². The summed E-state index contributed by atoms with van der Waals surface area (Å²) < 4.78 is 19.2. The van der Waals surface area contributed by atoms with Crippen molar-refractivity contribution in [3.8, 4) is 28.8 Å². The van der Waals surface area contributed by atoms with E-state index in [1.54, 1.807) is 19.2 Å². The number of nitrogens with one attached hydrogen (secondary N) is 2. The Morgan fingerprint density at radius 3 is 2.75 bits per heavy atom. The molecule has 10 heteroatoms. The zero-order chi connectivity index (χ0) is 22.6. The van der Waals surface area contributed by atoms with Crippen LogP contribution in [0.15, 0.2) is 39.6 Å². The Morgan fingerprint density at radius 2 is 2.03 bits per heavy atom. The first kappa shape index (κ1) is 21.0. The summed E-state index contributed by atoms with van der Waals surface area (Å²) in [5.41, 5.74) is 1.93. The predicted octanol–water partition coefficient (Wildman–Crippen LogP) is 1.63. The van der Waals surface area contributed by atoms with Crippen LogP contribution in [-0.2, 0) is 6.42 Å². The number of nitrogens with zero attached hydrogens (tertiary/aromatic N) is 1. The number of benzene rings is 2. The molecule has 0 fully saturated rings. The highest BCUT2D eigenvalue weighted by atomic mass is 79.9. The van der Waals surface area contributed by atoms with Crippen LogP contribution in [0, 0.1) is 4.77 Å². The van der Waals surface area contributed by atoms with Gasteiger partial charge in [0.2, 0.25) is 12.5 Å². The van der Waals surface area contributed by atoms with E-state index in [4.69, 9.17) is 26.4 Å². The minimum Gasteiger partial charge on any atom is -0.859 e. The lowest BCUT2D eigenvalue weighted by molar-refractivity contribution is -0.908. The number of ether oxygens (including phenoxy) is 3. The molecule has 0 radical (unpaired) electrons. The summed E-state index contributed by atoms with van der Waals surface area (Å²) in [7, 11) is 3.51. The molecule has 166 valence electrons. The second-order valence-corrected chi connectivity index (χ2v) is 9.09. The van der Waals surface area contributed by atoms with Crippen LogP contribution in [0.2, 0.25) is 0 Å². The molecular weight excluding hydrogens is 498 g/mol. The van der Waals surface area contributed by atoms with Gasteiger partial charge in [0, 0.05) is 16.6 Å². The summed E-state index contributed by atoms with van der Waals surface area (Å²) in [5.74, 6) is 1.16. The van der Waals surface area contributed by atoms with Crippen molar-refractivity contribution in [3.63, 3.8) is 0 Å². The third-order valence-corrected chi connectivity index (χ3v) is 6.81. The zero-order valence-corrected chi connectivity index (χ0v) is 19.8. The van der Waals surface area contributed by atoms with E-state index in [-0.39, 0.29) is 17.1 Å². The van der Waals surface area contributed by atoms with Crippen LogP contribution in [-0.4, -0.2) is 37.0 Å². The van der Waals surface area contributed by atoms with Crippen LogP contribution in [0.4, 0.5) is 0 Å². The highest BCUT2D eigenvalue weighted by Crippen LogP contribution is 2.48. The van der Waals surface area contributed by atoms with E-state index in [1.165, 1.54) is 4.57 Å². The molecule has 2 aliphatic heterocycles. The Bertz CT molecular complexity index is 1340. The Hall–Kier alpha value is -2.82. The SMILES string of the molecule is COc1c2c(cc3c1[C@@H](c1c([O-])n(-c4ccc(Br)cc4)c(=S)[nH]c1=O)[NH+](C)CC3)OCO2. The lowest BCUT2D eigenvalue weighted by atomic mass is 9.87. The van der Waals surface area contributed by atoms with Crippen molar-refractivity contribution < 1.29 is 24.2 Å². The van der Waals surface area contributed by atoms with Crippen LogP contribution >= 0.6 is 28.1 Å². The van der Waals surface area contributed by atoms with Crippen molar-refractivity contribution >= 4 is 28.1 Å². The average molecular weight is 518 g/mol. The molecule has 3 heterocycles. The number of hydrogen-bond acceptors (Lipinski definition) is 6. The van der Waals surface area contributed by atoms with Gasteiger partial charge in [0.15, 0.2) is 16.3 Å². The van der Waals surface area contributed by atoms with Gasteiger partial charge >= 0.3 is 0 Å². The lowest BCUT2D eigenvalue weighted by Gasteiger charge is -2.35. The number of hydrogen-bond donors (Lipinski definition) is 2. The molecule has 3 aromatic rings. The van der Waals surface area contributed by atoms with Gasteiger partial charge in [0.25, 0.3) is 5.56 Å². The normalized spacial score (nSPS) is 19.0. The van der Waals surface area contributed by atoms with E-state index in [1.807, 2.05) is 25.2 Å². The molecule has 5 rings (SSSR count). The quantitative estimate of drug-likeness (QED) is 0.513. The number of rotatable bonds is 3. The molecule has 2 aromatic carbocycles. The monoisotopic (exact) mass is 517 g/mol. The van der Waals surface area contributed by atoms with Crippen molar-refractivity contribution in [1.29, 1.82) is 0 Å². The highest BCUT2D eigenvalue weighted by Gasteiger charge is 2.39. The first-order valence-corrected chi connectivity index (χ1v) is 11.2. The maximum atomic E-state index is 13.7. The third-order valence-electron chi connectivity index (χ3n) is 5.99. The second-order valence-electron chi connectivity index (χ2n) is 7.79. The maximum absolute atomic E-state index is 13.7. The number of quaternary nitrogens is 1. The van der Waals surface area contributed by atoms with Crippen LogP contribution in [0.3, 0.4) is 0 Å². The van der Waals surface area contributed by atoms with Gasteiger partial charge < -0.3 is 28.8 Å². The van der Waals surface area contributed by atoms with Gasteiger partial charge in [-0.25, -0.2) is 0 Å². The largest absolute Gasteiger partial charge is 0.859 e. The fourth-order valence-corrected chi connectivity index (χ4v) is 5.07. The number of aromatic amines is 1. The van der Waals surface area contributed by atoms with Crippen LogP contribution < -0.4 is 29.8 Å². The summed E-state index contributed by atoms with van der Waals surface area (Å²) in [6, 6.07) is 8.54. The van der Waals surface area contributed by atoms with Gasteiger partial charge in [-0.05, 0) is 54.0 Å². The van der Waals surface area contributed by atoms with Crippen molar-refractivity contribution in [3.05, 3.63) is 66.6 Å². The molecule has 8 nitrogen and oxygen atoms in total. The topological polar surface area (TPSA) is 93.0 Å². The smallest absolute Gasteiger partial charge is 0.260 e. The molecule has 1 unspecified atom stereocenters. The molecule has 0 saturated heterocycles. The molecule has 2 atom stereocenters. The first-order chi connectivity index (χ1) is 15.4. The molecule has 0 aliphatic carbocycles. The van der Waals surface area contributed by atoms with E-state index in [2.05, 4.69) is 20.9 Å². The number of methoxy groups -OCH3 is 1. The van der Waals surface area contributed by atoms with Gasteiger partial charge in [0.1, 0.15) is 6.04 Å². The summed E-state index contributed by atoms with van der Waals surface area (Å²) in [6.45, 7) is 0.830. The van der Waals surface area contributed by atoms with Gasteiger partial charge in [-0.15, -0.1) is 0 Å². The highest BCUT2D eigenvalue weighted by molar-refractivity contribution is 9.10. The molecule has 0 amide bonds. The van der Waals surface area contributed by atoms with E-state index in [9.17, 15) is 9.90 Å². The average Bonchev–Trinajstić information content (AvgIpc) is 3.23. The Kier molecular flexibility index (Phi) is 5.23. The summed E-state index contributed by atoms with van der Waals surface area (Å²) in [6.07, 6.45) is 0.753. The summed E-state index contributed by atoms with van der Waals surface area (Å²) in [5, 5.41) is 13.7. The van der Waals surface area contributed by atoms with E-state index >= 15 is 0 Å². The molecule has 0 bridgehead atoms. The predicted molar refractivity (Wildman–Crippen MR) is 121 cm³/mol. The molecule has 2 N–H and O–H groups in total. The van der Waals surface area contributed by atoms with Gasteiger partial charge in [-0.3, -0.25) is 9.78 Å². The Labute approximate surface area is 197 Å². The van der Waals surface area contributed by atoms with E-state index < -0.39 is 17.5 Å². The second kappa shape index (κ2) is 7.95. The first-order valence-electron chi connectivity index (χ1n) is 10.0. The van der Waals surface area contributed by atoms with E-state index in [0.717, 1.165) is 33.5 Å². The Morgan fingerprint density at radius 1 is 1.28 bits per heavy atom. The molecule has 1 aromatic heterocycles. The molecule has 32 heavy (non-hydrogen) atoms. The lowest BCUT2D eigenvalue weighted by Crippen LogP contribution is -3.10. The Balaban J connectivity index is 1.78. The molecular formula is C22H20BrN3O5S. The molecule has 2 aliphatic rings. The van der Waals surface area contributed by atoms with Crippen molar-refractivity contribution in [1.82, 2.24) is 9.55 Å². The summed E-state index contributed by atoms with van der Waals surface area (Å²) >= 11 is 8.75. The number of aromatic nitrogens is 2. The minimum atomic E-state index is -0.559. The van der Waals surface area contributed by atoms with Crippen molar-refractivity contribution in [2.24, 2.45) is 0 Å². The fourth-order valence-electron chi connectivity index (χ4n) is 4.53. The van der Waals surface area contributed by atoms with Crippen LogP contribution in [0.1, 0.15) is 22.7 Å². The maximum Gasteiger partial charge on any atom is 0.260 e. The number of H-pyrrole nitrogens is 1. The minimum absolute atomic E-state index is 0.0532. The van der Waals surface area contributed by atoms with E-state index in [0.29, 0.717) is 22.9 Å². The van der Waals surface area contributed by atoms with Gasteiger partial charge in [-0.2, -0.15) is 0 Å². The van der Waals surface area contributed by atoms with Crippen LogP contribution in [0.25, 0.3) is 5.69 Å². The number of likely N-dealkylation sites (N-methyl/N-ethyl adjacent to an activating group) is 1. The van der Waals surface area contributed by atoms with Gasteiger partial charge in [0.05, 0.1) is 31.8 Å². The number of halogens is 1. The summed E-state index contributed by atoms with van der Waals surface area (Å²) in [4.78, 5) is 16.8. The molecule has 0 spiro atoms. The third kappa shape index (κ3) is 3.21.